The van der Waals surface area contributed by atoms with Crippen LogP contribution in [0.5, 0.6) is 0 Å². The summed E-state index contributed by atoms with van der Waals surface area (Å²) in [5.74, 6) is 0. The molecule has 1 aliphatic heterocycles. The minimum atomic E-state index is 0.418. The van der Waals surface area contributed by atoms with Crippen molar-refractivity contribution in [1.82, 2.24) is 14.7 Å². The van der Waals surface area contributed by atoms with Gasteiger partial charge in [0, 0.05) is 24.3 Å². The summed E-state index contributed by atoms with van der Waals surface area (Å²) < 4.78 is 7.40. The normalized spacial score (nSPS) is 19.3. The summed E-state index contributed by atoms with van der Waals surface area (Å²) in [4.78, 5) is 2.36. The van der Waals surface area contributed by atoms with Crippen LogP contribution in [0, 0.1) is 11.3 Å². The number of nitrogens with zero attached hydrogens (tertiary/aromatic N) is 4. The number of hydrogen-bond donors (Lipinski definition) is 0. The molecule has 0 aliphatic carbocycles. The molecule has 3 rings (SSSR count). The van der Waals surface area contributed by atoms with Gasteiger partial charge in [0.05, 0.1) is 37.2 Å². The zero-order chi connectivity index (χ0) is 14.7. The first kappa shape index (κ1) is 13.8. The largest absolute Gasteiger partial charge is 0.379 e. The highest BCUT2D eigenvalue weighted by atomic mass is 16.5. The maximum atomic E-state index is 8.82. The molecular weight excluding hydrogens is 264 g/mol. The number of ether oxygens (including phenoxy) is 1. The number of rotatable bonds is 3. The van der Waals surface area contributed by atoms with Gasteiger partial charge in [-0.25, -0.2) is 0 Å². The molecule has 0 amide bonds. The summed E-state index contributed by atoms with van der Waals surface area (Å²) in [7, 11) is 0. The van der Waals surface area contributed by atoms with Gasteiger partial charge in [0.15, 0.2) is 0 Å². The van der Waals surface area contributed by atoms with E-state index in [1.807, 2.05) is 41.2 Å². The number of aromatic nitrogens is 2. The Labute approximate surface area is 124 Å². The van der Waals surface area contributed by atoms with Crippen molar-refractivity contribution in [3.8, 4) is 17.3 Å². The SMILES string of the molecule is C[C@@H]1COCCN1Cn1ccc(-c2ccc(C#N)cc2)n1. The molecule has 1 atom stereocenters. The topological polar surface area (TPSA) is 54.1 Å². The van der Waals surface area contributed by atoms with Crippen LogP contribution in [0.15, 0.2) is 36.5 Å². The van der Waals surface area contributed by atoms with E-state index in [1.54, 1.807) is 0 Å². The molecule has 0 bridgehead atoms. The fourth-order valence-corrected chi connectivity index (χ4v) is 2.47. The summed E-state index contributed by atoms with van der Waals surface area (Å²) in [6, 6.07) is 12.1. The summed E-state index contributed by atoms with van der Waals surface area (Å²) in [6.07, 6.45) is 2.00. The van der Waals surface area contributed by atoms with Gasteiger partial charge in [-0.2, -0.15) is 10.4 Å². The fourth-order valence-electron chi connectivity index (χ4n) is 2.47. The van der Waals surface area contributed by atoms with Crippen LogP contribution >= 0.6 is 0 Å². The molecule has 1 aromatic carbocycles. The second-order valence-electron chi connectivity index (χ2n) is 5.31. The zero-order valence-electron chi connectivity index (χ0n) is 12.1. The predicted molar refractivity (Wildman–Crippen MR) is 79.4 cm³/mol. The molecule has 2 heterocycles. The molecule has 5 heteroatoms. The summed E-state index contributed by atoms with van der Waals surface area (Å²) >= 11 is 0. The van der Waals surface area contributed by atoms with Crippen LogP contribution < -0.4 is 0 Å². The van der Waals surface area contributed by atoms with Gasteiger partial charge in [0.1, 0.15) is 0 Å². The van der Waals surface area contributed by atoms with E-state index < -0.39 is 0 Å². The third kappa shape index (κ3) is 3.13. The fraction of sp³-hybridized carbons (Fsp3) is 0.375. The van der Waals surface area contributed by atoms with Crippen LogP contribution in [0.3, 0.4) is 0 Å². The van der Waals surface area contributed by atoms with Crippen molar-refractivity contribution in [3.05, 3.63) is 42.1 Å². The van der Waals surface area contributed by atoms with Crippen LogP contribution in [0.1, 0.15) is 12.5 Å². The van der Waals surface area contributed by atoms with Crippen molar-refractivity contribution in [2.45, 2.75) is 19.6 Å². The number of benzene rings is 1. The van der Waals surface area contributed by atoms with E-state index in [2.05, 4.69) is 23.0 Å². The van der Waals surface area contributed by atoms with Crippen LogP contribution in [-0.2, 0) is 11.4 Å². The molecule has 1 aliphatic rings. The third-order valence-electron chi connectivity index (χ3n) is 3.78. The lowest BCUT2D eigenvalue weighted by Crippen LogP contribution is -2.44. The average molecular weight is 282 g/mol. The van der Waals surface area contributed by atoms with Crippen molar-refractivity contribution in [1.29, 1.82) is 5.26 Å². The van der Waals surface area contributed by atoms with Crippen molar-refractivity contribution < 1.29 is 4.74 Å². The number of hydrogen-bond acceptors (Lipinski definition) is 4. The Hall–Kier alpha value is -2.16. The molecule has 0 spiro atoms. The summed E-state index contributed by atoms with van der Waals surface area (Å²) in [6.45, 7) is 5.45. The van der Waals surface area contributed by atoms with Gasteiger partial charge in [-0.3, -0.25) is 9.58 Å². The Morgan fingerprint density at radius 2 is 2.14 bits per heavy atom. The predicted octanol–water partition coefficient (Wildman–Crippen LogP) is 2.10. The number of nitriles is 1. The van der Waals surface area contributed by atoms with Gasteiger partial charge in [0.2, 0.25) is 0 Å². The third-order valence-corrected chi connectivity index (χ3v) is 3.78. The highest BCUT2D eigenvalue weighted by Crippen LogP contribution is 2.18. The van der Waals surface area contributed by atoms with E-state index in [-0.39, 0.29) is 0 Å². The van der Waals surface area contributed by atoms with E-state index in [1.165, 1.54) is 0 Å². The lowest BCUT2D eigenvalue weighted by Gasteiger charge is -2.32. The molecule has 1 fully saturated rings. The van der Waals surface area contributed by atoms with Crippen LogP contribution in [-0.4, -0.2) is 40.5 Å². The zero-order valence-corrected chi connectivity index (χ0v) is 12.1. The summed E-state index contributed by atoms with van der Waals surface area (Å²) in [5.41, 5.74) is 2.63. The van der Waals surface area contributed by atoms with Crippen LogP contribution in [0.2, 0.25) is 0 Å². The van der Waals surface area contributed by atoms with Crippen molar-refractivity contribution >= 4 is 0 Å². The molecular formula is C16H18N4O. The minimum Gasteiger partial charge on any atom is -0.379 e. The van der Waals surface area contributed by atoms with Gasteiger partial charge in [-0.1, -0.05) is 12.1 Å². The molecule has 2 aromatic rings. The van der Waals surface area contributed by atoms with Gasteiger partial charge in [-0.05, 0) is 25.1 Å². The maximum Gasteiger partial charge on any atom is 0.0991 e. The molecule has 0 N–H and O–H groups in total. The quantitative estimate of drug-likeness (QED) is 0.865. The molecule has 0 saturated carbocycles. The molecule has 21 heavy (non-hydrogen) atoms. The van der Waals surface area contributed by atoms with Crippen molar-refractivity contribution in [2.24, 2.45) is 0 Å². The minimum absolute atomic E-state index is 0.418. The van der Waals surface area contributed by atoms with E-state index in [0.29, 0.717) is 11.6 Å². The Kier molecular flexibility index (Phi) is 4.00. The monoisotopic (exact) mass is 282 g/mol. The maximum absolute atomic E-state index is 8.82. The average Bonchev–Trinajstić information content (AvgIpc) is 2.98. The van der Waals surface area contributed by atoms with E-state index in [9.17, 15) is 0 Å². The Morgan fingerprint density at radius 1 is 1.33 bits per heavy atom. The van der Waals surface area contributed by atoms with Crippen LogP contribution in [0.4, 0.5) is 0 Å². The van der Waals surface area contributed by atoms with E-state index >= 15 is 0 Å². The summed E-state index contributed by atoms with van der Waals surface area (Å²) in [5, 5.41) is 13.4. The lowest BCUT2D eigenvalue weighted by atomic mass is 10.1. The standard InChI is InChI=1S/C16H18N4O/c1-13-11-21-9-8-19(13)12-20-7-6-16(18-20)15-4-2-14(10-17)3-5-15/h2-7,13H,8-9,11-12H2,1H3/t13-/m1/s1. The first-order chi connectivity index (χ1) is 10.3. The Bertz CT molecular complexity index is 641. The molecule has 108 valence electrons. The first-order valence-corrected chi connectivity index (χ1v) is 7.12. The molecule has 0 radical (unpaired) electrons. The van der Waals surface area contributed by atoms with Crippen LogP contribution in [0.25, 0.3) is 11.3 Å². The molecule has 1 aromatic heterocycles. The van der Waals surface area contributed by atoms with Gasteiger partial charge < -0.3 is 4.74 Å². The highest BCUT2D eigenvalue weighted by Gasteiger charge is 2.19. The lowest BCUT2D eigenvalue weighted by molar-refractivity contribution is -0.0171. The van der Waals surface area contributed by atoms with Crippen molar-refractivity contribution in [3.63, 3.8) is 0 Å². The Morgan fingerprint density at radius 3 is 2.86 bits per heavy atom. The molecule has 5 nitrogen and oxygen atoms in total. The van der Waals surface area contributed by atoms with Crippen molar-refractivity contribution in [2.75, 3.05) is 19.8 Å². The van der Waals surface area contributed by atoms with Gasteiger partial charge >= 0.3 is 0 Å². The first-order valence-electron chi connectivity index (χ1n) is 7.12. The number of morpholine rings is 1. The second kappa shape index (κ2) is 6.08. The van der Waals surface area contributed by atoms with Gasteiger partial charge in [-0.15, -0.1) is 0 Å². The molecule has 1 saturated heterocycles. The Balaban J connectivity index is 1.72. The second-order valence-corrected chi connectivity index (χ2v) is 5.31. The highest BCUT2D eigenvalue weighted by molar-refractivity contribution is 5.59. The molecule has 0 unspecified atom stereocenters. The van der Waals surface area contributed by atoms with E-state index in [0.717, 1.165) is 37.7 Å². The smallest absolute Gasteiger partial charge is 0.0991 e. The van der Waals surface area contributed by atoms with E-state index in [4.69, 9.17) is 10.00 Å². The van der Waals surface area contributed by atoms with Gasteiger partial charge in [0.25, 0.3) is 0 Å².